The predicted molar refractivity (Wildman–Crippen MR) is 158 cm³/mol. The molecule has 3 rings (SSSR count). The Labute approximate surface area is 240 Å². The molecule has 2 aromatic carbocycles. The normalized spacial score (nSPS) is 14.3. The minimum Gasteiger partial charge on any atom is -0.480 e. The van der Waals surface area contributed by atoms with Crippen LogP contribution >= 0.6 is 0 Å². The zero-order chi connectivity index (χ0) is 30.1. The first-order chi connectivity index (χ1) is 19.5. The van der Waals surface area contributed by atoms with E-state index in [4.69, 9.17) is 5.73 Å². The highest BCUT2D eigenvalue weighted by Gasteiger charge is 2.32. The second-order valence-corrected chi connectivity index (χ2v) is 11.2. The molecule has 3 aromatic rings. The number of carboxylic acids is 1. The van der Waals surface area contributed by atoms with Crippen molar-refractivity contribution in [1.82, 2.24) is 20.9 Å². The molecule has 4 unspecified atom stereocenters. The van der Waals surface area contributed by atoms with Crippen LogP contribution in [-0.2, 0) is 32.0 Å². The molecule has 0 spiro atoms. The minimum absolute atomic E-state index is 0.0411. The van der Waals surface area contributed by atoms with Crippen molar-refractivity contribution in [1.29, 1.82) is 0 Å². The fourth-order valence-corrected chi connectivity index (χ4v) is 4.71. The first-order valence-electron chi connectivity index (χ1n) is 13.9. The summed E-state index contributed by atoms with van der Waals surface area (Å²) in [6.45, 7) is 7.24. The van der Waals surface area contributed by atoms with Crippen molar-refractivity contribution < 1.29 is 24.3 Å². The van der Waals surface area contributed by atoms with Gasteiger partial charge in [-0.05, 0) is 41.9 Å². The van der Waals surface area contributed by atoms with E-state index >= 15 is 0 Å². The molecule has 0 aliphatic heterocycles. The van der Waals surface area contributed by atoms with Crippen LogP contribution in [0.4, 0.5) is 0 Å². The van der Waals surface area contributed by atoms with Crippen LogP contribution in [-0.4, -0.2) is 57.9 Å². The second-order valence-electron chi connectivity index (χ2n) is 11.2. The SMILES string of the molecule is CC(C)CC(NC(=O)C(NC(=O)C(Cc1c[nH]c2ccccc12)NC(=O)C(N)Cc1ccccc1)C(C)C)C(=O)O. The van der Waals surface area contributed by atoms with E-state index in [1.807, 2.05) is 68.4 Å². The maximum atomic E-state index is 13.7. The Morgan fingerprint density at radius 3 is 2.07 bits per heavy atom. The van der Waals surface area contributed by atoms with Gasteiger partial charge in [0, 0.05) is 23.5 Å². The number of carboxylic acid groups (broad SMARTS) is 1. The summed E-state index contributed by atoms with van der Waals surface area (Å²) in [6.07, 6.45) is 2.48. The number of benzene rings is 2. The van der Waals surface area contributed by atoms with Gasteiger partial charge < -0.3 is 31.8 Å². The lowest BCUT2D eigenvalue weighted by atomic mass is 9.98. The molecule has 4 atom stereocenters. The first kappa shape index (κ1) is 31.3. The third kappa shape index (κ3) is 8.91. The zero-order valence-electron chi connectivity index (χ0n) is 24.0. The molecule has 220 valence electrons. The summed E-state index contributed by atoms with van der Waals surface area (Å²) >= 11 is 0. The average Bonchev–Trinajstić information content (AvgIpc) is 3.33. The van der Waals surface area contributed by atoms with E-state index in [2.05, 4.69) is 20.9 Å². The van der Waals surface area contributed by atoms with Crippen LogP contribution in [0.1, 0.15) is 45.2 Å². The number of hydrogen-bond acceptors (Lipinski definition) is 5. The Morgan fingerprint density at radius 1 is 0.805 bits per heavy atom. The highest BCUT2D eigenvalue weighted by molar-refractivity contribution is 5.95. The number of nitrogens with two attached hydrogens (primary N) is 1. The van der Waals surface area contributed by atoms with Crippen molar-refractivity contribution in [2.24, 2.45) is 17.6 Å². The summed E-state index contributed by atoms with van der Waals surface area (Å²) < 4.78 is 0. The summed E-state index contributed by atoms with van der Waals surface area (Å²) in [7, 11) is 0. The van der Waals surface area contributed by atoms with Gasteiger partial charge in [0.15, 0.2) is 0 Å². The lowest BCUT2D eigenvalue weighted by Crippen LogP contribution is -2.59. The van der Waals surface area contributed by atoms with Crippen LogP contribution in [0.3, 0.4) is 0 Å². The molecule has 0 aliphatic carbocycles. The van der Waals surface area contributed by atoms with Crippen LogP contribution in [0.2, 0.25) is 0 Å². The lowest BCUT2D eigenvalue weighted by molar-refractivity contribution is -0.143. The maximum absolute atomic E-state index is 13.7. The smallest absolute Gasteiger partial charge is 0.326 e. The molecule has 0 aliphatic rings. The van der Waals surface area contributed by atoms with Crippen molar-refractivity contribution in [3.8, 4) is 0 Å². The van der Waals surface area contributed by atoms with E-state index < -0.39 is 47.9 Å². The van der Waals surface area contributed by atoms with Crippen LogP contribution in [0.25, 0.3) is 10.9 Å². The molecule has 1 heterocycles. The standard InChI is InChI=1S/C31H41N5O5/c1-18(2)14-26(31(40)41)35-30(39)27(19(3)4)36-29(38)25(16-21-17-33-24-13-9-8-12-22(21)24)34-28(37)23(32)15-20-10-6-5-7-11-20/h5-13,17-19,23,25-27,33H,14-16,32H2,1-4H3,(H,34,37)(H,35,39)(H,36,38)(H,40,41). The third-order valence-corrected chi connectivity index (χ3v) is 6.94. The van der Waals surface area contributed by atoms with Gasteiger partial charge in [-0.2, -0.15) is 0 Å². The molecule has 0 radical (unpaired) electrons. The summed E-state index contributed by atoms with van der Waals surface area (Å²) in [4.78, 5) is 54.9. The van der Waals surface area contributed by atoms with Gasteiger partial charge in [-0.15, -0.1) is 0 Å². The number of para-hydroxylation sites is 1. The lowest BCUT2D eigenvalue weighted by Gasteiger charge is -2.27. The van der Waals surface area contributed by atoms with E-state index in [0.717, 1.165) is 22.0 Å². The Morgan fingerprint density at radius 2 is 1.44 bits per heavy atom. The van der Waals surface area contributed by atoms with Gasteiger partial charge in [0.25, 0.3) is 0 Å². The van der Waals surface area contributed by atoms with E-state index in [0.29, 0.717) is 0 Å². The topological polar surface area (TPSA) is 166 Å². The molecule has 7 N–H and O–H groups in total. The molecule has 0 bridgehead atoms. The van der Waals surface area contributed by atoms with Crippen molar-refractivity contribution in [2.45, 2.75) is 71.1 Å². The summed E-state index contributed by atoms with van der Waals surface area (Å²) in [6, 6.07) is 12.9. The number of rotatable bonds is 14. The highest BCUT2D eigenvalue weighted by atomic mass is 16.4. The zero-order valence-corrected chi connectivity index (χ0v) is 24.0. The summed E-state index contributed by atoms with van der Waals surface area (Å²) in [5, 5.41) is 18.6. The van der Waals surface area contributed by atoms with Crippen molar-refractivity contribution in [3.05, 3.63) is 71.9 Å². The number of fused-ring (bicyclic) bond motifs is 1. The number of amides is 3. The molecule has 0 fully saturated rings. The molecule has 41 heavy (non-hydrogen) atoms. The summed E-state index contributed by atoms with van der Waals surface area (Å²) in [5.74, 6) is -3.11. The maximum Gasteiger partial charge on any atom is 0.326 e. The number of aliphatic carboxylic acids is 1. The van der Waals surface area contributed by atoms with Crippen LogP contribution in [0, 0.1) is 11.8 Å². The first-order valence-corrected chi connectivity index (χ1v) is 13.9. The van der Waals surface area contributed by atoms with E-state index in [-0.39, 0.29) is 31.1 Å². The second kappa shape index (κ2) is 14.5. The predicted octanol–water partition coefficient (Wildman–Crippen LogP) is 2.52. The van der Waals surface area contributed by atoms with Gasteiger partial charge in [0.1, 0.15) is 18.1 Å². The highest BCUT2D eigenvalue weighted by Crippen LogP contribution is 2.19. The molecule has 0 saturated carbocycles. The van der Waals surface area contributed by atoms with Crippen molar-refractivity contribution in [2.75, 3.05) is 0 Å². The molecule has 0 saturated heterocycles. The quantitative estimate of drug-likeness (QED) is 0.176. The number of carbonyl (C=O) groups excluding carboxylic acids is 3. The Balaban J connectivity index is 1.81. The molecule has 3 amide bonds. The van der Waals surface area contributed by atoms with Crippen molar-refractivity contribution >= 4 is 34.6 Å². The third-order valence-electron chi connectivity index (χ3n) is 6.94. The summed E-state index contributed by atoms with van der Waals surface area (Å²) in [5.41, 5.74) is 8.80. The molecule has 1 aromatic heterocycles. The number of hydrogen-bond donors (Lipinski definition) is 6. The van der Waals surface area contributed by atoms with E-state index in [9.17, 15) is 24.3 Å². The minimum atomic E-state index is -1.14. The van der Waals surface area contributed by atoms with Gasteiger partial charge in [0.2, 0.25) is 17.7 Å². The van der Waals surface area contributed by atoms with E-state index in [1.165, 1.54) is 0 Å². The van der Waals surface area contributed by atoms with Crippen molar-refractivity contribution in [3.63, 3.8) is 0 Å². The van der Waals surface area contributed by atoms with Gasteiger partial charge in [-0.1, -0.05) is 76.2 Å². The fourth-order valence-electron chi connectivity index (χ4n) is 4.71. The number of aromatic amines is 1. The van der Waals surface area contributed by atoms with Crippen LogP contribution in [0.15, 0.2) is 60.8 Å². The monoisotopic (exact) mass is 563 g/mol. The fraction of sp³-hybridized carbons (Fsp3) is 0.419. The molecular weight excluding hydrogens is 522 g/mol. The number of carbonyl (C=O) groups is 4. The molecule has 10 nitrogen and oxygen atoms in total. The largest absolute Gasteiger partial charge is 0.480 e. The molecule has 10 heteroatoms. The van der Waals surface area contributed by atoms with E-state index in [1.54, 1.807) is 20.0 Å². The average molecular weight is 564 g/mol. The Bertz CT molecular complexity index is 1340. The number of nitrogens with one attached hydrogen (secondary N) is 4. The Hall–Kier alpha value is -4.18. The van der Waals surface area contributed by atoms with Crippen LogP contribution < -0.4 is 21.7 Å². The van der Waals surface area contributed by atoms with Gasteiger partial charge in [0.05, 0.1) is 6.04 Å². The van der Waals surface area contributed by atoms with Gasteiger partial charge in [-0.3, -0.25) is 14.4 Å². The van der Waals surface area contributed by atoms with Gasteiger partial charge in [-0.25, -0.2) is 4.79 Å². The number of aromatic nitrogens is 1. The Kier molecular flexibility index (Phi) is 11.0. The molecular formula is C31H41N5O5. The van der Waals surface area contributed by atoms with Crippen LogP contribution in [0.5, 0.6) is 0 Å². The van der Waals surface area contributed by atoms with Gasteiger partial charge >= 0.3 is 5.97 Å². The number of H-pyrrole nitrogens is 1.